The first kappa shape index (κ1) is 22.1. The zero-order valence-corrected chi connectivity index (χ0v) is 21.4. The second kappa shape index (κ2) is 8.93. The SMILES string of the molecule is CC(C)c1ccccc1N(C)C(=O)[C@@H]1C[C@H]1c1ccc2c(I)nn(Cc3ccccc3)c2c1. The molecule has 1 aromatic heterocycles. The first-order valence-electron chi connectivity index (χ1n) is 11.5. The van der Waals surface area contributed by atoms with Crippen LogP contribution in [0.15, 0.2) is 72.8 Å². The predicted octanol–water partition coefficient (Wildman–Crippen LogP) is 6.58. The Kier molecular flexibility index (Phi) is 5.99. The van der Waals surface area contributed by atoms with Crippen molar-refractivity contribution >= 4 is 45.1 Å². The first-order chi connectivity index (χ1) is 15.9. The summed E-state index contributed by atoms with van der Waals surface area (Å²) in [6, 6.07) is 25.2. The average Bonchev–Trinajstić information content (AvgIpc) is 3.58. The van der Waals surface area contributed by atoms with Crippen LogP contribution in [0.2, 0.25) is 0 Å². The fourth-order valence-corrected chi connectivity index (χ4v) is 5.46. The number of rotatable bonds is 6. The maximum absolute atomic E-state index is 13.3. The Morgan fingerprint density at radius 2 is 1.82 bits per heavy atom. The number of halogens is 1. The van der Waals surface area contributed by atoms with Gasteiger partial charge in [-0.2, -0.15) is 5.10 Å². The van der Waals surface area contributed by atoms with Gasteiger partial charge in [-0.05, 0) is 75.7 Å². The van der Waals surface area contributed by atoms with Gasteiger partial charge in [-0.1, -0.05) is 68.4 Å². The largest absolute Gasteiger partial charge is 0.315 e. The van der Waals surface area contributed by atoms with Gasteiger partial charge in [0.15, 0.2) is 0 Å². The zero-order chi connectivity index (χ0) is 23.1. The van der Waals surface area contributed by atoms with Crippen molar-refractivity contribution in [3.8, 4) is 0 Å². The van der Waals surface area contributed by atoms with Crippen LogP contribution < -0.4 is 4.90 Å². The first-order valence-corrected chi connectivity index (χ1v) is 12.6. The molecule has 0 unspecified atom stereocenters. The van der Waals surface area contributed by atoms with Crippen molar-refractivity contribution in [1.82, 2.24) is 9.78 Å². The molecule has 1 aliphatic carbocycles. The van der Waals surface area contributed by atoms with E-state index in [-0.39, 0.29) is 17.7 Å². The van der Waals surface area contributed by atoms with E-state index in [0.29, 0.717) is 5.92 Å². The van der Waals surface area contributed by atoms with Crippen LogP contribution in [0.1, 0.15) is 48.8 Å². The summed E-state index contributed by atoms with van der Waals surface area (Å²) in [7, 11) is 1.92. The fraction of sp³-hybridized carbons (Fsp3) is 0.286. The molecule has 0 N–H and O–H groups in total. The Balaban J connectivity index is 1.39. The van der Waals surface area contributed by atoms with Crippen molar-refractivity contribution in [2.75, 3.05) is 11.9 Å². The maximum atomic E-state index is 13.3. The molecule has 5 heteroatoms. The quantitative estimate of drug-likeness (QED) is 0.255. The monoisotopic (exact) mass is 549 g/mol. The number of hydrogen-bond donors (Lipinski definition) is 0. The molecule has 1 saturated carbocycles. The molecule has 4 nitrogen and oxygen atoms in total. The van der Waals surface area contributed by atoms with E-state index in [0.717, 1.165) is 27.9 Å². The van der Waals surface area contributed by atoms with Gasteiger partial charge in [0.05, 0.1) is 12.1 Å². The van der Waals surface area contributed by atoms with Gasteiger partial charge in [-0.25, -0.2) is 0 Å². The van der Waals surface area contributed by atoms with Crippen molar-refractivity contribution in [3.63, 3.8) is 0 Å². The van der Waals surface area contributed by atoms with Crippen LogP contribution >= 0.6 is 22.6 Å². The molecule has 2 atom stereocenters. The smallest absolute Gasteiger partial charge is 0.230 e. The maximum Gasteiger partial charge on any atom is 0.230 e. The number of amides is 1. The molecule has 33 heavy (non-hydrogen) atoms. The van der Waals surface area contributed by atoms with Crippen LogP contribution in [-0.2, 0) is 11.3 Å². The van der Waals surface area contributed by atoms with E-state index in [1.165, 1.54) is 22.1 Å². The third-order valence-corrected chi connectivity index (χ3v) is 7.49. The van der Waals surface area contributed by atoms with Crippen LogP contribution in [0, 0.1) is 9.62 Å². The molecule has 0 bridgehead atoms. The summed E-state index contributed by atoms with van der Waals surface area (Å²) in [5.74, 6) is 0.896. The second-order valence-corrected chi connectivity index (χ2v) is 10.3. The van der Waals surface area contributed by atoms with Gasteiger partial charge in [0.25, 0.3) is 0 Å². The lowest BCUT2D eigenvalue weighted by Crippen LogP contribution is -2.29. The highest BCUT2D eigenvalue weighted by Gasteiger charge is 2.45. The molecule has 1 fully saturated rings. The Hall–Kier alpha value is -2.67. The molecule has 0 spiro atoms. The van der Waals surface area contributed by atoms with E-state index in [1.807, 2.05) is 30.1 Å². The molecule has 3 aromatic carbocycles. The number of carbonyl (C=O) groups excluding carboxylic acids is 1. The van der Waals surface area contributed by atoms with Crippen LogP contribution in [0.4, 0.5) is 5.69 Å². The lowest BCUT2D eigenvalue weighted by Gasteiger charge is -2.22. The second-order valence-electron chi connectivity index (χ2n) is 9.27. The minimum atomic E-state index is 0.0391. The van der Waals surface area contributed by atoms with Gasteiger partial charge in [0.2, 0.25) is 5.91 Å². The Labute approximate surface area is 208 Å². The minimum Gasteiger partial charge on any atom is -0.315 e. The molecule has 4 aromatic rings. The average molecular weight is 549 g/mol. The lowest BCUT2D eigenvalue weighted by atomic mass is 10.00. The molecule has 0 saturated heterocycles. The van der Waals surface area contributed by atoms with Gasteiger partial charge >= 0.3 is 0 Å². The summed E-state index contributed by atoms with van der Waals surface area (Å²) in [6.07, 6.45) is 0.905. The van der Waals surface area contributed by atoms with Crippen LogP contribution in [0.5, 0.6) is 0 Å². The summed E-state index contributed by atoms with van der Waals surface area (Å²) in [5.41, 5.74) is 5.84. The number of hydrogen-bond acceptors (Lipinski definition) is 2. The van der Waals surface area contributed by atoms with Gasteiger partial charge in [-0.15, -0.1) is 0 Å². The highest BCUT2D eigenvalue weighted by atomic mass is 127. The zero-order valence-electron chi connectivity index (χ0n) is 19.2. The Bertz CT molecular complexity index is 1310. The number of aromatic nitrogens is 2. The van der Waals surface area contributed by atoms with Gasteiger partial charge < -0.3 is 4.90 Å². The highest BCUT2D eigenvalue weighted by molar-refractivity contribution is 14.1. The topological polar surface area (TPSA) is 38.1 Å². The van der Waals surface area contributed by atoms with Gasteiger partial charge in [0, 0.05) is 24.0 Å². The third-order valence-electron chi connectivity index (χ3n) is 6.69. The number of carbonyl (C=O) groups is 1. The summed E-state index contributed by atoms with van der Waals surface area (Å²) in [4.78, 5) is 15.2. The summed E-state index contributed by atoms with van der Waals surface area (Å²) in [6.45, 7) is 5.09. The van der Waals surface area contributed by atoms with E-state index in [2.05, 4.69) is 95.7 Å². The van der Waals surface area contributed by atoms with Crippen molar-refractivity contribution in [2.24, 2.45) is 5.92 Å². The Morgan fingerprint density at radius 1 is 1.09 bits per heavy atom. The molecule has 1 heterocycles. The molecule has 1 aliphatic rings. The molecular formula is C28H28IN3O. The molecule has 0 radical (unpaired) electrons. The van der Waals surface area contributed by atoms with Crippen molar-refractivity contribution < 1.29 is 4.79 Å². The normalized spacial score (nSPS) is 17.5. The summed E-state index contributed by atoms with van der Waals surface area (Å²) >= 11 is 2.31. The standard InChI is InChI=1S/C28H28IN3O/c1-18(2)21-11-7-8-12-25(21)31(3)28(33)24-16-23(24)20-13-14-22-26(15-20)32(30-27(22)29)17-19-9-5-4-6-10-19/h4-15,18,23-24H,16-17H2,1-3H3/t23-,24+/m0/s1. The fourth-order valence-electron chi connectivity index (χ4n) is 4.74. The van der Waals surface area contributed by atoms with Crippen molar-refractivity contribution in [2.45, 2.75) is 38.6 Å². The number of anilines is 1. The number of fused-ring (bicyclic) bond motifs is 1. The summed E-state index contributed by atoms with van der Waals surface area (Å²) in [5, 5.41) is 5.95. The number of para-hydroxylation sites is 1. The van der Waals surface area contributed by atoms with Crippen molar-refractivity contribution in [3.05, 3.63) is 93.2 Å². The number of benzene rings is 3. The third kappa shape index (κ3) is 4.31. The van der Waals surface area contributed by atoms with Gasteiger partial charge in [-0.3, -0.25) is 9.48 Å². The molecule has 0 aliphatic heterocycles. The number of nitrogens with zero attached hydrogens (tertiary/aromatic N) is 3. The highest BCUT2D eigenvalue weighted by Crippen LogP contribution is 2.49. The van der Waals surface area contributed by atoms with E-state index in [4.69, 9.17) is 5.10 Å². The predicted molar refractivity (Wildman–Crippen MR) is 143 cm³/mol. The van der Waals surface area contributed by atoms with E-state index in [9.17, 15) is 4.79 Å². The van der Waals surface area contributed by atoms with E-state index < -0.39 is 0 Å². The summed E-state index contributed by atoms with van der Waals surface area (Å²) < 4.78 is 3.10. The van der Waals surface area contributed by atoms with E-state index in [1.54, 1.807) is 0 Å². The Morgan fingerprint density at radius 3 is 2.58 bits per heavy atom. The molecule has 1 amide bonds. The van der Waals surface area contributed by atoms with E-state index >= 15 is 0 Å². The molecular weight excluding hydrogens is 521 g/mol. The lowest BCUT2D eigenvalue weighted by molar-refractivity contribution is -0.119. The van der Waals surface area contributed by atoms with Crippen LogP contribution in [0.3, 0.4) is 0 Å². The minimum absolute atomic E-state index is 0.0391. The van der Waals surface area contributed by atoms with Crippen LogP contribution in [0.25, 0.3) is 10.9 Å². The van der Waals surface area contributed by atoms with Crippen LogP contribution in [-0.4, -0.2) is 22.7 Å². The van der Waals surface area contributed by atoms with Gasteiger partial charge in [0.1, 0.15) is 3.70 Å². The molecule has 5 rings (SSSR count). The van der Waals surface area contributed by atoms with Crippen molar-refractivity contribution in [1.29, 1.82) is 0 Å². The molecule has 168 valence electrons.